The Morgan fingerprint density at radius 1 is 0.829 bits per heavy atom. The number of aryl methyl sites for hydroxylation is 1. The third-order valence-corrected chi connectivity index (χ3v) is 8.83. The lowest BCUT2D eigenvalue weighted by molar-refractivity contribution is -0.133. The second kappa shape index (κ2) is 12.5. The van der Waals surface area contributed by atoms with Gasteiger partial charge in [-0.2, -0.15) is 4.37 Å². The maximum Gasteiger partial charge on any atom is 0.293 e. The van der Waals surface area contributed by atoms with E-state index in [4.69, 9.17) is 9.11 Å². The summed E-state index contributed by atoms with van der Waals surface area (Å²) < 4.78 is 9.56. The molecular weight excluding hydrogens is 524 g/mol. The van der Waals surface area contributed by atoms with Crippen molar-refractivity contribution in [1.82, 2.24) is 4.37 Å². The minimum atomic E-state index is -0.149. The fraction of sp³-hybridized carbons (Fsp3) is 0.222. The van der Waals surface area contributed by atoms with E-state index < -0.39 is 0 Å². The number of ether oxygens (including phenoxy) is 1. The summed E-state index contributed by atoms with van der Waals surface area (Å²) >= 11 is 1.55. The molecule has 5 aromatic rings. The average molecular weight is 561 g/mol. The van der Waals surface area contributed by atoms with E-state index in [-0.39, 0.29) is 6.10 Å². The summed E-state index contributed by atoms with van der Waals surface area (Å²) in [6.07, 6.45) is 2.48. The molecule has 0 unspecified atom stereocenters. The predicted molar refractivity (Wildman–Crippen MR) is 171 cm³/mol. The van der Waals surface area contributed by atoms with Gasteiger partial charge in [-0.1, -0.05) is 110 Å². The number of carbonyl (C=O) groups excluding carboxylic acids is 1. The van der Waals surface area contributed by atoms with Crippen molar-refractivity contribution >= 4 is 23.7 Å². The number of benzene rings is 4. The zero-order chi connectivity index (χ0) is 28.8. The summed E-state index contributed by atoms with van der Waals surface area (Å²) in [6, 6.07) is 36.2. The number of rotatable bonds is 8. The quantitative estimate of drug-likeness (QED) is 0.192. The van der Waals surface area contributed by atoms with Gasteiger partial charge in [-0.3, -0.25) is 4.79 Å². The lowest BCUT2D eigenvalue weighted by Gasteiger charge is -2.11. The van der Waals surface area contributed by atoms with Crippen LogP contribution in [-0.4, -0.2) is 17.9 Å². The highest BCUT2D eigenvalue weighted by Crippen LogP contribution is 2.47. The summed E-state index contributed by atoms with van der Waals surface area (Å²) in [5, 5.41) is 3.36. The number of aromatic nitrogens is 1. The van der Waals surface area contributed by atoms with Crippen LogP contribution in [0.3, 0.4) is 0 Å². The Morgan fingerprint density at radius 3 is 2.00 bits per heavy atom. The van der Waals surface area contributed by atoms with Gasteiger partial charge < -0.3 is 10.1 Å². The van der Waals surface area contributed by atoms with Gasteiger partial charge in [0.05, 0.1) is 10.6 Å². The first-order chi connectivity index (χ1) is 19.9. The fourth-order valence-electron chi connectivity index (χ4n) is 5.07. The summed E-state index contributed by atoms with van der Waals surface area (Å²) in [6.45, 7) is 6.70. The lowest BCUT2D eigenvalue weighted by Crippen LogP contribution is -1.99. The summed E-state index contributed by atoms with van der Waals surface area (Å²) in [4.78, 5) is 11.3. The standard InChI is InChI=1S/C26H24N2S.C10H12O2/c1-26(16-17-26)22-14-12-19(13-15-22)18-8-10-21(11-9-18)25-24(27-2)23(28-29-25)20-6-4-3-5-7-20;1-8-5-3-4-6-10(8)9(2)12-7-11/h3-15,27H,16-17H2,1-2H3;3-7,9H,1-2H3/t;9-/m.1/s1. The van der Waals surface area contributed by atoms with Crippen molar-refractivity contribution in [3.8, 4) is 32.8 Å². The van der Waals surface area contributed by atoms with Crippen molar-refractivity contribution < 1.29 is 9.53 Å². The third kappa shape index (κ3) is 6.41. The van der Waals surface area contributed by atoms with E-state index in [1.54, 1.807) is 11.5 Å². The van der Waals surface area contributed by atoms with Crippen LogP contribution in [-0.2, 0) is 14.9 Å². The highest BCUT2D eigenvalue weighted by Gasteiger charge is 2.38. The van der Waals surface area contributed by atoms with Crippen LogP contribution in [0.15, 0.2) is 103 Å². The minimum absolute atomic E-state index is 0.149. The molecule has 1 heterocycles. The molecule has 1 fully saturated rings. The van der Waals surface area contributed by atoms with Crippen molar-refractivity contribution in [1.29, 1.82) is 0 Å². The molecule has 6 rings (SSSR count). The Morgan fingerprint density at radius 2 is 1.41 bits per heavy atom. The van der Waals surface area contributed by atoms with E-state index in [1.165, 1.54) is 40.0 Å². The van der Waals surface area contributed by atoms with Crippen molar-refractivity contribution in [2.75, 3.05) is 12.4 Å². The van der Waals surface area contributed by atoms with Crippen LogP contribution in [0.25, 0.3) is 32.8 Å². The first-order valence-corrected chi connectivity index (χ1v) is 14.8. The van der Waals surface area contributed by atoms with Crippen LogP contribution < -0.4 is 5.32 Å². The molecule has 0 radical (unpaired) electrons. The van der Waals surface area contributed by atoms with E-state index in [0.717, 1.165) is 28.1 Å². The molecule has 1 aliphatic rings. The van der Waals surface area contributed by atoms with Gasteiger partial charge in [-0.05, 0) is 77.0 Å². The van der Waals surface area contributed by atoms with E-state index in [0.29, 0.717) is 11.9 Å². The first-order valence-electron chi connectivity index (χ1n) is 14.0. The highest BCUT2D eigenvalue weighted by molar-refractivity contribution is 7.10. The molecule has 4 aromatic carbocycles. The van der Waals surface area contributed by atoms with E-state index in [1.807, 2.05) is 51.2 Å². The Bertz CT molecular complexity index is 1590. The molecule has 208 valence electrons. The second-order valence-corrected chi connectivity index (χ2v) is 11.6. The number of carbonyl (C=O) groups is 1. The second-order valence-electron chi connectivity index (χ2n) is 10.8. The Labute approximate surface area is 247 Å². The van der Waals surface area contributed by atoms with Gasteiger partial charge in [0.1, 0.15) is 11.8 Å². The van der Waals surface area contributed by atoms with Gasteiger partial charge in [0, 0.05) is 12.6 Å². The van der Waals surface area contributed by atoms with Crippen molar-refractivity contribution in [2.45, 2.75) is 45.1 Å². The molecule has 0 spiro atoms. The molecule has 4 nitrogen and oxygen atoms in total. The normalized spacial score (nSPS) is 13.9. The van der Waals surface area contributed by atoms with E-state index >= 15 is 0 Å². The predicted octanol–water partition coefficient (Wildman–Crippen LogP) is 9.47. The first kappa shape index (κ1) is 28.3. The maximum atomic E-state index is 10.1. The van der Waals surface area contributed by atoms with Crippen LogP contribution in [0.2, 0.25) is 0 Å². The molecule has 0 amide bonds. The smallest absolute Gasteiger partial charge is 0.293 e. The number of hydrogen-bond acceptors (Lipinski definition) is 5. The average Bonchev–Trinajstić information content (AvgIpc) is 3.62. The number of nitrogens with one attached hydrogen (secondary N) is 1. The number of anilines is 1. The third-order valence-electron chi connectivity index (χ3n) is 7.94. The molecule has 1 aliphatic carbocycles. The molecular formula is C36H36N2O2S. The highest BCUT2D eigenvalue weighted by atomic mass is 32.1. The largest absolute Gasteiger partial charge is 0.460 e. The monoisotopic (exact) mass is 560 g/mol. The van der Waals surface area contributed by atoms with Crippen LogP contribution in [0.4, 0.5) is 5.69 Å². The van der Waals surface area contributed by atoms with E-state index in [2.05, 4.69) is 85.0 Å². The van der Waals surface area contributed by atoms with Crippen LogP contribution in [0.5, 0.6) is 0 Å². The lowest BCUT2D eigenvalue weighted by atomic mass is 9.95. The van der Waals surface area contributed by atoms with Gasteiger partial charge in [0.2, 0.25) is 0 Å². The summed E-state index contributed by atoms with van der Waals surface area (Å²) in [5.41, 5.74) is 11.1. The Hall–Kier alpha value is -4.22. The van der Waals surface area contributed by atoms with Gasteiger partial charge in [-0.25, -0.2) is 0 Å². The van der Waals surface area contributed by atoms with Gasteiger partial charge in [-0.15, -0.1) is 0 Å². The van der Waals surface area contributed by atoms with Crippen molar-refractivity contribution in [3.05, 3.63) is 120 Å². The molecule has 0 saturated heterocycles. The molecule has 1 aromatic heterocycles. The molecule has 0 bridgehead atoms. The van der Waals surface area contributed by atoms with Gasteiger partial charge in [0.15, 0.2) is 0 Å². The van der Waals surface area contributed by atoms with Crippen molar-refractivity contribution in [2.24, 2.45) is 0 Å². The van der Waals surface area contributed by atoms with Gasteiger partial charge in [0.25, 0.3) is 6.47 Å². The molecule has 1 atom stereocenters. The molecule has 1 N–H and O–H groups in total. The Kier molecular flexibility index (Phi) is 8.65. The van der Waals surface area contributed by atoms with E-state index in [9.17, 15) is 4.79 Å². The van der Waals surface area contributed by atoms with Crippen molar-refractivity contribution in [3.63, 3.8) is 0 Å². The molecule has 0 aliphatic heterocycles. The Balaban J connectivity index is 0.000000237. The topological polar surface area (TPSA) is 51.2 Å². The molecule has 5 heteroatoms. The molecule has 1 saturated carbocycles. The zero-order valence-corrected chi connectivity index (χ0v) is 24.9. The molecule has 41 heavy (non-hydrogen) atoms. The van der Waals surface area contributed by atoms with Crippen LogP contribution in [0, 0.1) is 6.92 Å². The summed E-state index contributed by atoms with van der Waals surface area (Å²) in [5.74, 6) is 0. The summed E-state index contributed by atoms with van der Waals surface area (Å²) in [7, 11) is 1.97. The fourth-order valence-corrected chi connectivity index (χ4v) is 5.98. The number of nitrogens with zero attached hydrogens (tertiary/aromatic N) is 1. The number of hydrogen-bond donors (Lipinski definition) is 1. The minimum Gasteiger partial charge on any atom is -0.460 e. The van der Waals surface area contributed by atoms with Crippen LogP contribution in [0.1, 0.15) is 49.5 Å². The zero-order valence-electron chi connectivity index (χ0n) is 24.1. The van der Waals surface area contributed by atoms with Crippen LogP contribution >= 0.6 is 11.5 Å². The SMILES string of the molecule is CNc1c(-c2ccccc2)nsc1-c1ccc(-c2ccc(C3(C)CC3)cc2)cc1.Cc1ccccc1[C@@H](C)OC=O. The van der Waals surface area contributed by atoms with Gasteiger partial charge >= 0.3 is 0 Å². The maximum absolute atomic E-state index is 10.1.